The third-order valence-corrected chi connectivity index (χ3v) is 1.25. The van der Waals surface area contributed by atoms with Crippen molar-refractivity contribution < 1.29 is 0 Å². The summed E-state index contributed by atoms with van der Waals surface area (Å²) in [7, 11) is 5.20. The molecule has 0 aromatic rings. The zero-order valence-electron chi connectivity index (χ0n) is 4.11. The highest BCUT2D eigenvalue weighted by Gasteiger charge is 1.75. The maximum Gasteiger partial charge on any atom is 0.0653 e. The molecule has 2 heteroatoms. The molecule has 0 heterocycles. The van der Waals surface area contributed by atoms with Crippen molar-refractivity contribution in [2.24, 2.45) is 0 Å². The van der Waals surface area contributed by atoms with Crippen molar-refractivity contribution in [1.82, 2.24) is 0 Å². The Labute approximate surface area is 45.1 Å². The number of hydrogen-bond acceptors (Lipinski definition) is 1. The van der Waals surface area contributed by atoms with Gasteiger partial charge in [0.15, 0.2) is 0 Å². The maximum atomic E-state index is 5.20. The lowest BCUT2D eigenvalue weighted by atomic mass is 10.0. The molecule has 0 amide bonds. The van der Waals surface area contributed by atoms with Gasteiger partial charge in [-0.15, -0.1) is 0 Å². The molecule has 0 saturated carbocycles. The first-order chi connectivity index (χ1) is 2.91. The van der Waals surface area contributed by atoms with Crippen LogP contribution < -0.4 is 0 Å². The number of hydrogen-bond donors (Lipinski definition) is 0. The van der Waals surface area contributed by atoms with Crippen LogP contribution >= 0.6 is 11.8 Å². The first-order valence-corrected chi connectivity index (χ1v) is 3.50. The first kappa shape index (κ1) is 6.41. The molecule has 0 aliphatic rings. The smallest absolute Gasteiger partial charge is 0.0653 e. The Morgan fingerprint density at radius 2 is 2.33 bits per heavy atom. The van der Waals surface area contributed by atoms with Crippen molar-refractivity contribution in [3.63, 3.8) is 0 Å². The standard InChI is InChI=1S/C4H9BS/c1-6-4-2-3-5/h2-4H2,1H3. The van der Waals surface area contributed by atoms with Gasteiger partial charge in [0.2, 0.25) is 0 Å². The van der Waals surface area contributed by atoms with E-state index in [-0.39, 0.29) is 0 Å². The van der Waals surface area contributed by atoms with E-state index in [2.05, 4.69) is 6.26 Å². The highest BCUT2D eigenvalue weighted by atomic mass is 32.2. The lowest BCUT2D eigenvalue weighted by Crippen LogP contribution is -1.73. The third kappa shape index (κ3) is 4.41. The van der Waals surface area contributed by atoms with Crippen molar-refractivity contribution in [2.45, 2.75) is 12.7 Å². The Hall–Kier alpha value is 0.415. The van der Waals surface area contributed by atoms with Gasteiger partial charge in [-0.1, -0.05) is 12.7 Å². The molecule has 0 bridgehead atoms. The fraction of sp³-hybridized carbons (Fsp3) is 1.00. The number of rotatable bonds is 3. The van der Waals surface area contributed by atoms with E-state index in [4.69, 9.17) is 7.85 Å². The topological polar surface area (TPSA) is 0 Å². The van der Waals surface area contributed by atoms with E-state index in [1.165, 1.54) is 5.75 Å². The summed E-state index contributed by atoms with van der Waals surface area (Å²) < 4.78 is 0. The van der Waals surface area contributed by atoms with Gasteiger partial charge in [0, 0.05) is 0 Å². The minimum Gasteiger partial charge on any atom is -0.165 e. The Morgan fingerprint density at radius 3 is 2.50 bits per heavy atom. The quantitative estimate of drug-likeness (QED) is 0.380. The van der Waals surface area contributed by atoms with E-state index in [1.54, 1.807) is 0 Å². The van der Waals surface area contributed by atoms with Gasteiger partial charge in [0.1, 0.15) is 0 Å². The summed E-state index contributed by atoms with van der Waals surface area (Å²) in [5.41, 5.74) is 0. The van der Waals surface area contributed by atoms with Crippen LogP contribution in [0.4, 0.5) is 0 Å². The van der Waals surface area contributed by atoms with E-state index in [1.807, 2.05) is 11.8 Å². The van der Waals surface area contributed by atoms with Gasteiger partial charge in [0.05, 0.1) is 7.85 Å². The molecular formula is C4H9BS. The zero-order chi connectivity index (χ0) is 4.83. The summed E-state index contributed by atoms with van der Waals surface area (Å²) in [5.74, 6) is 1.20. The van der Waals surface area contributed by atoms with E-state index in [0.717, 1.165) is 12.7 Å². The van der Waals surface area contributed by atoms with Gasteiger partial charge >= 0.3 is 0 Å². The molecule has 0 rings (SSSR count). The Balaban J connectivity index is 2.34. The summed E-state index contributed by atoms with van der Waals surface area (Å²) >= 11 is 1.85. The maximum absolute atomic E-state index is 5.20. The molecule has 0 aliphatic heterocycles. The predicted octanol–water partition coefficient (Wildman–Crippen LogP) is 1.33. The molecule has 0 unspecified atom stereocenters. The molecule has 0 nitrogen and oxygen atoms in total. The molecule has 0 N–H and O–H groups in total. The second-order valence-electron chi connectivity index (χ2n) is 1.14. The predicted molar refractivity (Wildman–Crippen MR) is 33.6 cm³/mol. The van der Waals surface area contributed by atoms with Gasteiger partial charge in [-0.25, -0.2) is 0 Å². The van der Waals surface area contributed by atoms with Crippen LogP contribution in [0.1, 0.15) is 6.42 Å². The fourth-order valence-corrected chi connectivity index (χ4v) is 0.683. The van der Waals surface area contributed by atoms with Crippen molar-refractivity contribution in [3.05, 3.63) is 0 Å². The summed E-state index contributed by atoms with van der Waals surface area (Å²) in [6.07, 6.45) is 4.08. The lowest BCUT2D eigenvalue weighted by molar-refractivity contribution is 1.10. The third-order valence-electron chi connectivity index (χ3n) is 0.553. The van der Waals surface area contributed by atoms with Crippen LogP contribution in [0, 0.1) is 0 Å². The summed E-state index contributed by atoms with van der Waals surface area (Å²) in [4.78, 5) is 0. The Bertz CT molecular complexity index is 19.5. The summed E-state index contributed by atoms with van der Waals surface area (Å²) in [6, 6.07) is 0. The van der Waals surface area contributed by atoms with Crippen LogP contribution in [0.15, 0.2) is 0 Å². The van der Waals surface area contributed by atoms with E-state index < -0.39 is 0 Å². The van der Waals surface area contributed by atoms with Gasteiger partial charge in [-0.05, 0) is 12.0 Å². The van der Waals surface area contributed by atoms with Gasteiger partial charge in [0.25, 0.3) is 0 Å². The van der Waals surface area contributed by atoms with Gasteiger partial charge in [-0.2, -0.15) is 11.8 Å². The molecule has 0 spiro atoms. The molecule has 6 heavy (non-hydrogen) atoms. The van der Waals surface area contributed by atoms with E-state index in [0.29, 0.717) is 0 Å². The first-order valence-electron chi connectivity index (χ1n) is 2.11. The van der Waals surface area contributed by atoms with Crippen LogP contribution in [0.25, 0.3) is 0 Å². The molecule has 0 saturated heterocycles. The zero-order valence-corrected chi connectivity index (χ0v) is 4.92. The molecular weight excluding hydrogens is 90.9 g/mol. The molecule has 34 valence electrons. The lowest BCUT2D eigenvalue weighted by Gasteiger charge is -1.86. The average Bonchev–Trinajstić information content (AvgIpc) is 1.61. The number of thioether (sulfide) groups is 1. The van der Waals surface area contributed by atoms with E-state index in [9.17, 15) is 0 Å². The van der Waals surface area contributed by atoms with Crippen LogP contribution in [-0.2, 0) is 0 Å². The molecule has 0 aromatic heterocycles. The van der Waals surface area contributed by atoms with Crippen molar-refractivity contribution >= 4 is 19.6 Å². The molecule has 0 atom stereocenters. The minimum atomic E-state index is 0.834. The summed E-state index contributed by atoms with van der Waals surface area (Å²) in [6.45, 7) is 0. The van der Waals surface area contributed by atoms with Crippen molar-refractivity contribution in [1.29, 1.82) is 0 Å². The molecule has 0 aliphatic carbocycles. The second-order valence-corrected chi connectivity index (χ2v) is 2.12. The van der Waals surface area contributed by atoms with Crippen molar-refractivity contribution in [3.8, 4) is 0 Å². The van der Waals surface area contributed by atoms with Crippen LogP contribution in [-0.4, -0.2) is 19.9 Å². The van der Waals surface area contributed by atoms with Crippen LogP contribution in [0.3, 0.4) is 0 Å². The minimum absolute atomic E-state index is 0.834. The van der Waals surface area contributed by atoms with Crippen LogP contribution in [0.5, 0.6) is 0 Å². The second kappa shape index (κ2) is 5.41. The van der Waals surface area contributed by atoms with Crippen molar-refractivity contribution in [2.75, 3.05) is 12.0 Å². The van der Waals surface area contributed by atoms with E-state index >= 15 is 0 Å². The monoisotopic (exact) mass is 100 g/mol. The Kier molecular flexibility index (Phi) is 5.79. The highest BCUT2D eigenvalue weighted by Crippen LogP contribution is 1.95. The fourth-order valence-electron chi connectivity index (χ4n) is 0.228. The molecule has 0 aromatic carbocycles. The molecule has 0 fully saturated rings. The Morgan fingerprint density at radius 1 is 1.67 bits per heavy atom. The van der Waals surface area contributed by atoms with Crippen LogP contribution in [0.2, 0.25) is 6.32 Å². The van der Waals surface area contributed by atoms with Gasteiger partial charge in [-0.3, -0.25) is 0 Å². The largest absolute Gasteiger partial charge is 0.165 e. The highest BCUT2D eigenvalue weighted by molar-refractivity contribution is 7.98. The average molecular weight is 100.0 g/mol. The van der Waals surface area contributed by atoms with Gasteiger partial charge < -0.3 is 0 Å². The summed E-state index contributed by atoms with van der Waals surface area (Å²) in [5, 5.41) is 0. The molecule has 2 radical (unpaired) electrons. The SMILES string of the molecule is [B]CCCSC. The normalized spacial score (nSPS) is 8.83.